The molecule has 1 atom stereocenters. The third kappa shape index (κ3) is 3.59. The van der Waals surface area contributed by atoms with E-state index in [9.17, 15) is 4.79 Å². The number of alkyl halides is 1. The minimum Gasteiger partial charge on any atom is -1.00 e. The van der Waals surface area contributed by atoms with Gasteiger partial charge >= 0.3 is 29.6 Å². The molecule has 4 heteroatoms. The number of benzene rings is 1. The number of halogens is 1. The fourth-order valence-electron chi connectivity index (χ4n) is 0.732. The molecule has 2 nitrogen and oxygen atoms in total. The summed E-state index contributed by atoms with van der Waals surface area (Å²) in [7, 11) is 0. The SMILES string of the molecule is O=COC(Cl)c1ccccc1.[H-].[Na+]. The van der Waals surface area contributed by atoms with Gasteiger partial charge in [0.25, 0.3) is 6.47 Å². The summed E-state index contributed by atoms with van der Waals surface area (Å²) in [5.74, 6) is 0. The zero-order valence-electron chi connectivity index (χ0n) is 7.74. The summed E-state index contributed by atoms with van der Waals surface area (Å²) in [5.41, 5.74) is 0.106. The van der Waals surface area contributed by atoms with Crippen molar-refractivity contribution in [2.24, 2.45) is 0 Å². The first-order chi connectivity index (χ1) is 5.34. The van der Waals surface area contributed by atoms with Gasteiger partial charge in [0.05, 0.1) is 0 Å². The van der Waals surface area contributed by atoms with Crippen LogP contribution in [-0.4, -0.2) is 6.47 Å². The Morgan fingerprint density at radius 1 is 1.42 bits per heavy atom. The maximum absolute atomic E-state index is 9.88. The van der Waals surface area contributed by atoms with E-state index in [4.69, 9.17) is 11.6 Å². The van der Waals surface area contributed by atoms with E-state index in [0.29, 0.717) is 6.47 Å². The maximum atomic E-state index is 9.88. The molecule has 1 unspecified atom stereocenters. The maximum Gasteiger partial charge on any atom is 1.00 e. The van der Waals surface area contributed by atoms with Crippen LogP contribution in [0.4, 0.5) is 0 Å². The molecule has 0 saturated carbocycles. The van der Waals surface area contributed by atoms with Crippen LogP contribution in [0.3, 0.4) is 0 Å². The minimum atomic E-state index is -0.673. The Kier molecular flexibility index (Phi) is 6.48. The monoisotopic (exact) mass is 194 g/mol. The summed E-state index contributed by atoms with van der Waals surface area (Å²) in [6.45, 7) is 0.338. The smallest absolute Gasteiger partial charge is 1.00 e. The second-order valence-corrected chi connectivity index (χ2v) is 2.36. The molecule has 0 aliphatic heterocycles. The van der Waals surface area contributed by atoms with Gasteiger partial charge in [-0.25, -0.2) is 0 Å². The molecule has 0 amide bonds. The number of ether oxygens (including phenoxy) is 1. The Morgan fingerprint density at radius 3 is 2.50 bits per heavy atom. The fourth-order valence-corrected chi connectivity index (χ4v) is 0.919. The average Bonchev–Trinajstić information content (AvgIpc) is 2.07. The molecule has 60 valence electrons. The second-order valence-electron chi connectivity index (χ2n) is 1.96. The Hall–Kier alpha value is -0.0200. The zero-order chi connectivity index (χ0) is 8.10. The number of hydrogen-bond acceptors (Lipinski definition) is 2. The molecule has 0 aliphatic rings. The molecule has 0 aromatic heterocycles. The summed E-state index contributed by atoms with van der Waals surface area (Å²) >= 11 is 5.65. The number of carbonyl (C=O) groups is 1. The van der Waals surface area contributed by atoms with Crippen molar-refractivity contribution in [1.82, 2.24) is 0 Å². The molecule has 0 spiro atoms. The summed E-state index contributed by atoms with van der Waals surface area (Å²) in [6.07, 6.45) is 0. The van der Waals surface area contributed by atoms with Gasteiger partial charge in [0, 0.05) is 5.56 Å². The van der Waals surface area contributed by atoms with Crippen molar-refractivity contribution in [2.75, 3.05) is 0 Å². The summed E-state index contributed by atoms with van der Waals surface area (Å²) in [5, 5.41) is 0. The van der Waals surface area contributed by atoms with Gasteiger partial charge in [-0.3, -0.25) is 4.79 Å². The van der Waals surface area contributed by atoms with Crippen LogP contribution in [0.2, 0.25) is 0 Å². The van der Waals surface area contributed by atoms with Crippen molar-refractivity contribution >= 4 is 18.1 Å². The molecule has 1 aromatic rings. The second kappa shape index (κ2) is 6.49. The molecule has 0 saturated heterocycles. The molecule has 0 N–H and O–H groups in total. The molecule has 12 heavy (non-hydrogen) atoms. The van der Waals surface area contributed by atoms with Crippen molar-refractivity contribution in [2.45, 2.75) is 5.56 Å². The zero-order valence-corrected chi connectivity index (χ0v) is 9.49. The van der Waals surface area contributed by atoms with E-state index in [-0.39, 0.29) is 31.0 Å². The van der Waals surface area contributed by atoms with Gasteiger partial charge in [-0.2, -0.15) is 0 Å². The van der Waals surface area contributed by atoms with E-state index < -0.39 is 5.56 Å². The average molecular weight is 195 g/mol. The first kappa shape index (κ1) is 12.0. The number of hydrogen-bond donors (Lipinski definition) is 0. The van der Waals surface area contributed by atoms with Crippen LogP contribution in [0.5, 0.6) is 0 Å². The van der Waals surface area contributed by atoms with E-state index in [2.05, 4.69) is 4.74 Å². The van der Waals surface area contributed by atoms with Gasteiger partial charge in [0.15, 0.2) is 0 Å². The Bertz CT molecular complexity index is 233. The van der Waals surface area contributed by atoms with Gasteiger partial charge in [-0.1, -0.05) is 41.9 Å². The van der Waals surface area contributed by atoms with Gasteiger partial charge in [-0.15, -0.1) is 0 Å². The molecule has 0 radical (unpaired) electrons. The number of rotatable bonds is 3. The van der Waals surface area contributed by atoms with E-state index in [1.165, 1.54) is 0 Å². The predicted octanol–water partition coefficient (Wildman–Crippen LogP) is -0.786. The minimum absolute atomic E-state index is 0. The van der Waals surface area contributed by atoms with Crippen LogP contribution in [0.1, 0.15) is 12.6 Å². The van der Waals surface area contributed by atoms with Crippen molar-refractivity contribution in [3.05, 3.63) is 35.9 Å². The van der Waals surface area contributed by atoms with E-state index in [1.807, 2.05) is 18.2 Å². The Labute approximate surface area is 99.6 Å². The summed E-state index contributed by atoms with van der Waals surface area (Å²) in [4.78, 5) is 9.88. The van der Waals surface area contributed by atoms with Crippen LogP contribution in [0, 0.1) is 0 Å². The van der Waals surface area contributed by atoms with E-state index >= 15 is 0 Å². The van der Waals surface area contributed by atoms with Crippen LogP contribution in [0.15, 0.2) is 30.3 Å². The first-order valence-corrected chi connectivity index (χ1v) is 3.56. The molecule has 1 rings (SSSR count). The van der Waals surface area contributed by atoms with Crippen LogP contribution >= 0.6 is 11.6 Å². The van der Waals surface area contributed by atoms with Gasteiger partial charge in [0.2, 0.25) is 5.56 Å². The molecular formula is C8H8ClNaO2. The van der Waals surface area contributed by atoms with Gasteiger partial charge < -0.3 is 6.16 Å². The summed E-state index contributed by atoms with van der Waals surface area (Å²) in [6, 6.07) is 9.12. The Morgan fingerprint density at radius 2 is 2.00 bits per heavy atom. The fraction of sp³-hybridized carbons (Fsp3) is 0.125. The first-order valence-electron chi connectivity index (χ1n) is 3.12. The molecule has 1 aromatic carbocycles. The van der Waals surface area contributed by atoms with Gasteiger partial charge in [-0.05, 0) is 0 Å². The molecular weight excluding hydrogens is 187 g/mol. The van der Waals surface area contributed by atoms with Crippen molar-refractivity contribution in [3.63, 3.8) is 0 Å². The van der Waals surface area contributed by atoms with Crippen molar-refractivity contribution < 1.29 is 40.5 Å². The van der Waals surface area contributed by atoms with Crippen molar-refractivity contribution in [1.29, 1.82) is 0 Å². The third-order valence-corrected chi connectivity index (χ3v) is 1.59. The number of carbonyl (C=O) groups excluding carboxylic acids is 1. The molecule has 0 fully saturated rings. The van der Waals surface area contributed by atoms with Crippen LogP contribution < -0.4 is 29.6 Å². The van der Waals surface area contributed by atoms with Gasteiger partial charge in [0.1, 0.15) is 0 Å². The molecule has 0 heterocycles. The Balaban J connectivity index is 0. The normalized spacial score (nSPS) is 11.1. The molecule has 0 bridgehead atoms. The third-order valence-electron chi connectivity index (χ3n) is 1.24. The quantitative estimate of drug-likeness (QED) is 0.358. The predicted molar refractivity (Wildman–Crippen MR) is 43.3 cm³/mol. The van der Waals surface area contributed by atoms with Crippen LogP contribution in [0.25, 0.3) is 0 Å². The van der Waals surface area contributed by atoms with Crippen LogP contribution in [-0.2, 0) is 9.53 Å². The summed E-state index contributed by atoms with van der Waals surface area (Å²) < 4.78 is 4.51. The van der Waals surface area contributed by atoms with E-state index in [1.54, 1.807) is 12.1 Å². The topological polar surface area (TPSA) is 26.3 Å². The largest absolute Gasteiger partial charge is 1.00 e. The van der Waals surface area contributed by atoms with E-state index in [0.717, 1.165) is 5.56 Å². The standard InChI is InChI=1S/C8H7ClO2.Na.H/c9-8(11-6-10)7-4-2-1-3-5-7;;/h1-6,8H;;/q;+1;-1. The molecule has 0 aliphatic carbocycles. The van der Waals surface area contributed by atoms with Crippen molar-refractivity contribution in [3.8, 4) is 0 Å².